The van der Waals surface area contributed by atoms with Gasteiger partial charge in [-0.1, -0.05) is 45.9 Å². The highest BCUT2D eigenvalue weighted by molar-refractivity contribution is 5.91. The number of hydrogen-bond donors (Lipinski definition) is 5. The van der Waals surface area contributed by atoms with E-state index in [9.17, 15) is 44.7 Å². The third-order valence-corrected chi connectivity index (χ3v) is 10.2. The maximum Gasteiger partial charge on any atom is 0.337 e. The van der Waals surface area contributed by atoms with Gasteiger partial charge in [0.05, 0.1) is 36.8 Å². The molecule has 0 amide bonds. The van der Waals surface area contributed by atoms with Crippen LogP contribution in [0.25, 0.3) is 0 Å². The fourth-order valence-electron chi connectivity index (χ4n) is 7.04. The third-order valence-electron chi connectivity index (χ3n) is 10.2. The lowest BCUT2D eigenvalue weighted by Gasteiger charge is -2.46. The topological polar surface area (TPSA) is 219 Å². The second-order valence-corrected chi connectivity index (χ2v) is 13.8. The Morgan fingerprint density at radius 1 is 1.12 bits per heavy atom. The molecule has 2 bridgehead atoms. The molecule has 14 atom stereocenters. The van der Waals surface area contributed by atoms with Crippen LogP contribution in [0.4, 0.5) is 0 Å². The molecular formula is C34H52O14. The molecule has 5 N–H and O–H groups in total. The number of aliphatic hydroxyl groups excluding tert-OH is 3. The summed E-state index contributed by atoms with van der Waals surface area (Å²) in [6.45, 7) is 10.7. The van der Waals surface area contributed by atoms with E-state index in [4.69, 9.17) is 23.7 Å². The van der Waals surface area contributed by atoms with E-state index in [1.807, 2.05) is 19.9 Å². The molecule has 14 heteroatoms. The van der Waals surface area contributed by atoms with Gasteiger partial charge in [0, 0.05) is 38.2 Å². The Bertz CT molecular complexity index is 1280. The summed E-state index contributed by atoms with van der Waals surface area (Å²) >= 11 is 0. The summed E-state index contributed by atoms with van der Waals surface area (Å²) in [5, 5.41) is 56.8. The molecule has 2 saturated heterocycles. The van der Waals surface area contributed by atoms with E-state index in [-0.39, 0.29) is 5.92 Å². The number of aliphatic hydroxyl groups is 5. The van der Waals surface area contributed by atoms with Gasteiger partial charge in [-0.25, -0.2) is 4.79 Å². The summed E-state index contributed by atoms with van der Waals surface area (Å²) in [5.41, 5.74) is -3.64. The fourth-order valence-corrected chi connectivity index (χ4v) is 7.04. The lowest BCUT2D eigenvalue weighted by atomic mass is 9.74. The molecule has 0 saturated carbocycles. The zero-order chi connectivity index (χ0) is 36.5. The first-order valence-corrected chi connectivity index (χ1v) is 16.3. The van der Waals surface area contributed by atoms with Crippen LogP contribution in [0.15, 0.2) is 23.8 Å². The van der Waals surface area contributed by atoms with Gasteiger partial charge in [-0.2, -0.15) is 0 Å². The largest absolute Gasteiger partial charge is 0.463 e. The molecule has 0 aromatic rings. The third kappa shape index (κ3) is 7.76. The Kier molecular flexibility index (Phi) is 12.6. The van der Waals surface area contributed by atoms with Crippen LogP contribution in [0.2, 0.25) is 0 Å². The fraction of sp³-hybridized carbons (Fsp3) is 0.765. The van der Waals surface area contributed by atoms with Gasteiger partial charge in [-0.15, -0.1) is 0 Å². The maximum atomic E-state index is 14.1. The first-order valence-electron chi connectivity index (χ1n) is 16.3. The molecule has 14 nitrogen and oxygen atoms in total. The lowest BCUT2D eigenvalue weighted by molar-refractivity contribution is -0.303. The average molecular weight is 685 g/mol. The van der Waals surface area contributed by atoms with E-state index in [0.717, 1.165) is 6.92 Å². The first-order chi connectivity index (χ1) is 22.2. The van der Waals surface area contributed by atoms with Crippen LogP contribution in [0, 0.1) is 29.6 Å². The molecule has 4 heterocycles. The van der Waals surface area contributed by atoms with E-state index in [0.29, 0.717) is 5.57 Å². The van der Waals surface area contributed by atoms with Crippen LogP contribution in [0.1, 0.15) is 61.8 Å². The smallest absolute Gasteiger partial charge is 0.337 e. The first kappa shape index (κ1) is 39.9. The van der Waals surface area contributed by atoms with Crippen LogP contribution >= 0.6 is 0 Å². The van der Waals surface area contributed by atoms with Gasteiger partial charge in [0.25, 0.3) is 0 Å². The Morgan fingerprint density at radius 2 is 1.75 bits per heavy atom. The molecular weight excluding hydrogens is 632 g/mol. The highest BCUT2D eigenvalue weighted by atomic mass is 16.6. The van der Waals surface area contributed by atoms with Crippen molar-refractivity contribution in [3.05, 3.63) is 23.8 Å². The molecule has 0 aromatic heterocycles. The zero-order valence-electron chi connectivity index (χ0n) is 29.1. The average Bonchev–Trinajstić information content (AvgIpc) is 3.73. The van der Waals surface area contributed by atoms with Gasteiger partial charge >= 0.3 is 11.9 Å². The summed E-state index contributed by atoms with van der Waals surface area (Å²) in [6, 6.07) is 0. The molecule has 0 radical (unpaired) electrons. The van der Waals surface area contributed by atoms with E-state index in [1.165, 1.54) is 27.0 Å². The Labute approximate surface area is 281 Å². The van der Waals surface area contributed by atoms with Gasteiger partial charge in [-0.3, -0.25) is 14.4 Å². The number of fused-ring (bicyclic) bond motifs is 14. The van der Waals surface area contributed by atoms with Crippen molar-refractivity contribution in [2.24, 2.45) is 29.6 Å². The molecule has 48 heavy (non-hydrogen) atoms. The van der Waals surface area contributed by atoms with Crippen molar-refractivity contribution in [3.63, 3.8) is 0 Å². The standard InChI is InChI=1S/C34H52O14/c1-10-11-16(2)30-32(8,48-30)28(39)22-14-45-31(41)25(38)27(44-9)20(6)24(37)19(5)26(47-21(7)35)17(3)12-18(4)34(43)13-23(36)33(42,15-46-34)29(22)40/h10-12,16,18-20,22-23,25-28,30,36,38-39,42-43H,13-15H2,1-9H3/b11-10-,17-12-/t16-,18-,19-,20+,22+,23-,25+,26-,27-,28+,30+,32+,33-,34-/m0/s1. The van der Waals surface area contributed by atoms with Crippen molar-refractivity contribution in [1.82, 2.24) is 0 Å². The summed E-state index contributed by atoms with van der Waals surface area (Å²) in [7, 11) is 1.18. The van der Waals surface area contributed by atoms with Crippen molar-refractivity contribution in [2.75, 3.05) is 20.3 Å². The van der Waals surface area contributed by atoms with Gasteiger partial charge in [0.15, 0.2) is 23.3 Å². The van der Waals surface area contributed by atoms with Crippen molar-refractivity contribution < 1.29 is 68.4 Å². The minimum absolute atomic E-state index is 0.183. The summed E-state index contributed by atoms with van der Waals surface area (Å²) in [4.78, 5) is 53.0. The Balaban J connectivity index is 2.11. The minimum atomic E-state index is -2.66. The van der Waals surface area contributed by atoms with Crippen LogP contribution in [-0.4, -0.2) is 123 Å². The number of Topliss-reactive ketones (excluding diaryl/α,β-unsaturated/α-hetero) is 2. The van der Waals surface area contributed by atoms with Crippen LogP contribution < -0.4 is 0 Å². The molecule has 0 aromatic carbocycles. The summed E-state index contributed by atoms with van der Waals surface area (Å²) in [5.74, 6) is -10.7. The highest BCUT2D eigenvalue weighted by Gasteiger charge is 2.64. The van der Waals surface area contributed by atoms with Crippen LogP contribution in [0.5, 0.6) is 0 Å². The molecule has 272 valence electrons. The number of carbonyl (C=O) groups excluding carboxylic acids is 4. The molecule has 0 unspecified atom stereocenters. The monoisotopic (exact) mass is 684 g/mol. The number of esters is 2. The predicted molar refractivity (Wildman–Crippen MR) is 168 cm³/mol. The summed E-state index contributed by atoms with van der Waals surface area (Å²) < 4.78 is 27.7. The van der Waals surface area contributed by atoms with Crippen molar-refractivity contribution >= 4 is 23.5 Å². The second kappa shape index (κ2) is 15.1. The summed E-state index contributed by atoms with van der Waals surface area (Å²) in [6.07, 6.45) is -4.24. The van der Waals surface area contributed by atoms with Crippen molar-refractivity contribution in [1.29, 1.82) is 0 Å². The predicted octanol–water partition coefficient (Wildman–Crippen LogP) is 0.391. The van der Waals surface area contributed by atoms with Crippen molar-refractivity contribution in [2.45, 2.75) is 115 Å². The van der Waals surface area contributed by atoms with E-state index < -0.39 is 120 Å². The number of methoxy groups -OCH3 is 1. The maximum absolute atomic E-state index is 14.1. The number of ether oxygens (including phenoxy) is 5. The molecule has 4 aliphatic rings. The number of rotatable bonds is 6. The molecule has 0 spiro atoms. The van der Waals surface area contributed by atoms with Gasteiger partial charge in [0.2, 0.25) is 0 Å². The van der Waals surface area contributed by atoms with Crippen LogP contribution in [0.3, 0.4) is 0 Å². The van der Waals surface area contributed by atoms with Gasteiger partial charge < -0.3 is 49.2 Å². The normalized spacial score (nSPS) is 44.2. The Morgan fingerprint density at radius 3 is 2.29 bits per heavy atom. The number of carbonyl (C=O) groups is 4. The quantitative estimate of drug-likeness (QED) is 0.145. The van der Waals surface area contributed by atoms with Gasteiger partial charge in [-0.05, 0) is 26.3 Å². The number of epoxide rings is 1. The second-order valence-electron chi connectivity index (χ2n) is 13.8. The molecule has 0 aliphatic carbocycles. The molecule has 4 aliphatic heterocycles. The Hall–Kier alpha value is -2.56. The highest BCUT2D eigenvalue weighted by Crippen LogP contribution is 2.48. The van der Waals surface area contributed by atoms with E-state index in [2.05, 4.69) is 0 Å². The molecule has 2 fully saturated rings. The van der Waals surface area contributed by atoms with Crippen molar-refractivity contribution in [3.8, 4) is 0 Å². The lowest BCUT2D eigenvalue weighted by Crippen LogP contribution is -2.66. The number of allylic oxidation sites excluding steroid dienone is 1. The minimum Gasteiger partial charge on any atom is -0.463 e. The molecule has 4 rings (SSSR count). The van der Waals surface area contributed by atoms with E-state index in [1.54, 1.807) is 26.8 Å². The SMILES string of the molecule is C/C=C\[C@H](C)[C@H]1O[C@]1(C)[C@H](O)[C@H]1COC(=O)[C@H](O)[C@@H](OC)[C@H](C)C(=O)[C@H](C)[C@@H](OC(C)=O)/C(C)=C\[C@H](C)[C@]2(O)C[C@H](O)[C@@](O)(CO2)C1=O. The number of hydrogen-bond acceptors (Lipinski definition) is 14. The van der Waals surface area contributed by atoms with Crippen LogP contribution in [-0.2, 0) is 42.9 Å². The zero-order valence-corrected chi connectivity index (χ0v) is 29.1. The van der Waals surface area contributed by atoms with E-state index >= 15 is 0 Å². The van der Waals surface area contributed by atoms with Gasteiger partial charge in [0.1, 0.15) is 30.2 Å². The number of ketones is 2.